The van der Waals surface area contributed by atoms with E-state index in [2.05, 4.69) is 20.3 Å². The molecule has 0 atom stereocenters. The van der Waals surface area contributed by atoms with E-state index >= 15 is 0 Å². The SMILES string of the molecule is Cc1nc(-c2ccccc2)sc1-c1n[nH]c(=S)n1/N=C\c1cccs1. The Hall–Kier alpha value is -2.42. The minimum atomic E-state index is 0.455. The summed E-state index contributed by atoms with van der Waals surface area (Å²) in [6.07, 6.45) is 1.79. The van der Waals surface area contributed by atoms with Crippen molar-refractivity contribution in [2.75, 3.05) is 0 Å². The van der Waals surface area contributed by atoms with Crippen molar-refractivity contribution in [2.24, 2.45) is 5.10 Å². The summed E-state index contributed by atoms with van der Waals surface area (Å²) in [6.45, 7) is 1.98. The molecule has 5 nitrogen and oxygen atoms in total. The number of nitrogens with zero attached hydrogens (tertiary/aromatic N) is 4. The van der Waals surface area contributed by atoms with Crippen molar-refractivity contribution in [1.29, 1.82) is 0 Å². The van der Waals surface area contributed by atoms with Crippen LogP contribution in [0, 0.1) is 11.7 Å². The van der Waals surface area contributed by atoms with E-state index in [1.165, 1.54) is 0 Å². The molecule has 0 fully saturated rings. The number of rotatable bonds is 4. The Bertz CT molecular complexity index is 1070. The maximum absolute atomic E-state index is 5.33. The Morgan fingerprint density at radius 1 is 1.20 bits per heavy atom. The molecule has 3 aromatic heterocycles. The molecule has 0 saturated carbocycles. The first-order valence-electron chi connectivity index (χ1n) is 7.51. The molecule has 3 heterocycles. The second-order valence-electron chi connectivity index (χ2n) is 5.22. The van der Waals surface area contributed by atoms with Crippen LogP contribution in [-0.4, -0.2) is 26.1 Å². The lowest BCUT2D eigenvalue weighted by molar-refractivity contribution is 0.872. The van der Waals surface area contributed by atoms with Gasteiger partial charge in [-0.2, -0.15) is 14.9 Å². The lowest BCUT2D eigenvalue weighted by Crippen LogP contribution is -1.94. The van der Waals surface area contributed by atoms with E-state index in [1.54, 1.807) is 33.6 Å². The van der Waals surface area contributed by atoms with Crippen molar-refractivity contribution in [3.63, 3.8) is 0 Å². The normalized spacial score (nSPS) is 11.4. The van der Waals surface area contributed by atoms with E-state index in [0.29, 0.717) is 10.6 Å². The van der Waals surface area contributed by atoms with Gasteiger partial charge in [-0.05, 0) is 30.6 Å². The molecule has 1 N–H and O–H groups in total. The fourth-order valence-corrected chi connectivity index (χ4v) is 4.14. The molecule has 25 heavy (non-hydrogen) atoms. The van der Waals surface area contributed by atoms with Gasteiger partial charge in [-0.3, -0.25) is 0 Å². The number of nitrogens with one attached hydrogen (secondary N) is 1. The van der Waals surface area contributed by atoms with Gasteiger partial charge in [0.05, 0.1) is 16.8 Å². The van der Waals surface area contributed by atoms with Crippen LogP contribution in [0.5, 0.6) is 0 Å². The van der Waals surface area contributed by atoms with Crippen molar-refractivity contribution in [3.05, 3.63) is 63.2 Å². The second-order valence-corrected chi connectivity index (χ2v) is 7.59. The first-order chi connectivity index (χ1) is 12.2. The van der Waals surface area contributed by atoms with E-state index in [1.807, 2.05) is 54.8 Å². The molecule has 0 saturated heterocycles. The Morgan fingerprint density at radius 3 is 2.80 bits per heavy atom. The maximum atomic E-state index is 5.33. The summed E-state index contributed by atoms with van der Waals surface area (Å²) in [5, 5.41) is 14.6. The highest BCUT2D eigenvalue weighted by molar-refractivity contribution is 7.71. The molecule has 1 aromatic carbocycles. The molecule has 0 aliphatic rings. The quantitative estimate of drug-likeness (QED) is 0.399. The highest BCUT2D eigenvalue weighted by Crippen LogP contribution is 2.34. The number of H-pyrrole nitrogens is 1. The molecule has 0 bridgehead atoms. The smallest absolute Gasteiger partial charge is 0.216 e. The van der Waals surface area contributed by atoms with Gasteiger partial charge in [0.25, 0.3) is 0 Å². The van der Waals surface area contributed by atoms with Gasteiger partial charge in [-0.25, -0.2) is 10.1 Å². The van der Waals surface area contributed by atoms with Crippen molar-refractivity contribution in [3.8, 4) is 21.3 Å². The van der Waals surface area contributed by atoms with Crippen LogP contribution in [-0.2, 0) is 0 Å². The van der Waals surface area contributed by atoms with Gasteiger partial charge in [0.15, 0.2) is 5.82 Å². The molecule has 4 aromatic rings. The van der Waals surface area contributed by atoms with Crippen LogP contribution in [0.1, 0.15) is 10.6 Å². The standard InChI is InChI=1S/C17H13N5S3/c1-11-14(25-16(19-11)12-6-3-2-4-7-12)15-20-21-17(23)22(15)18-10-13-8-5-9-24-13/h2-10H,1H3,(H,21,23)/b18-10-. The molecule has 0 amide bonds. The highest BCUT2D eigenvalue weighted by Gasteiger charge is 2.17. The number of aryl methyl sites for hydroxylation is 1. The summed E-state index contributed by atoms with van der Waals surface area (Å²) in [5.74, 6) is 0.676. The lowest BCUT2D eigenvalue weighted by Gasteiger charge is -1.98. The van der Waals surface area contributed by atoms with Gasteiger partial charge in [-0.1, -0.05) is 36.4 Å². The summed E-state index contributed by atoms with van der Waals surface area (Å²) in [7, 11) is 0. The van der Waals surface area contributed by atoms with Crippen LogP contribution < -0.4 is 0 Å². The van der Waals surface area contributed by atoms with Crippen LogP contribution >= 0.6 is 34.9 Å². The Kier molecular flexibility index (Phi) is 4.39. The van der Waals surface area contributed by atoms with Crippen molar-refractivity contribution < 1.29 is 0 Å². The predicted molar refractivity (Wildman–Crippen MR) is 106 cm³/mol. The Morgan fingerprint density at radius 2 is 2.04 bits per heavy atom. The van der Waals surface area contributed by atoms with Gasteiger partial charge in [0.2, 0.25) is 4.77 Å². The summed E-state index contributed by atoms with van der Waals surface area (Å²) in [5.41, 5.74) is 2.00. The largest absolute Gasteiger partial charge is 0.250 e. The fourth-order valence-electron chi connectivity index (χ4n) is 2.33. The van der Waals surface area contributed by atoms with E-state index in [4.69, 9.17) is 12.2 Å². The van der Waals surface area contributed by atoms with E-state index in [0.717, 1.165) is 26.0 Å². The molecule has 0 unspecified atom stereocenters. The lowest BCUT2D eigenvalue weighted by atomic mass is 10.2. The minimum absolute atomic E-state index is 0.455. The summed E-state index contributed by atoms with van der Waals surface area (Å²) in [4.78, 5) is 6.69. The molecular formula is C17H13N5S3. The Balaban J connectivity index is 1.76. The topological polar surface area (TPSA) is 58.9 Å². The van der Waals surface area contributed by atoms with E-state index in [-0.39, 0.29) is 0 Å². The van der Waals surface area contributed by atoms with Crippen molar-refractivity contribution in [1.82, 2.24) is 19.9 Å². The van der Waals surface area contributed by atoms with Crippen LogP contribution in [0.2, 0.25) is 0 Å². The number of thiazole rings is 1. The third-order valence-electron chi connectivity index (χ3n) is 3.51. The number of aromatic amines is 1. The van der Waals surface area contributed by atoms with Gasteiger partial charge < -0.3 is 0 Å². The fraction of sp³-hybridized carbons (Fsp3) is 0.0588. The summed E-state index contributed by atoms with van der Waals surface area (Å²) >= 11 is 8.53. The molecule has 0 aliphatic heterocycles. The second kappa shape index (κ2) is 6.83. The number of hydrogen-bond acceptors (Lipinski definition) is 6. The number of aromatic nitrogens is 4. The van der Waals surface area contributed by atoms with Crippen LogP contribution in [0.3, 0.4) is 0 Å². The average molecular weight is 384 g/mol. The van der Waals surface area contributed by atoms with Crippen LogP contribution in [0.25, 0.3) is 21.3 Å². The molecule has 0 radical (unpaired) electrons. The monoisotopic (exact) mass is 383 g/mol. The molecular weight excluding hydrogens is 370 g/mol. The van der Waals surface area contributed by atoms with Crippen molar-refractivity contribution in [2.45, 2.75) is 6.92 Å². The number of hydrogen-bond donors (Lipinski definition) is 1. The molecule has 4 rings (SSSR count). The zero-order valence-electron chi connectivity index (χ0n) is 13.2. The third-order valence-corrected chi connectivity index (χ3v) is 5.79. The average Bonchev–Trinajstić information content (AvgIpc) is 3.35. The highest BCUT2D eigenvalue weighted by atomic mass is 32.1. The van der Waals surface area contributed by atoms with Gasteiger partial charge >= 0.3 is 0 Å². The summed E-state index contributed by atoms with van der Waals surface area (Å²) in [6, 6.07) is 14.1. The molecule has 0 aliphatic carbocycles. The minimum Gasteiger partial charge on any atom is -0.250 e. The van der Waals surface area contributed by atoms with Crippen molar-refractivity contribution >= 4 is 41.1 Å². The molecule has 8 heteroatoms. The number of thiophene rings is 1. The maximum Gasteiger partial charge on any atom is 0.216 e. The summed E-state index contributed by atoms with van der Waals surface area (Å²) < 4.78 is 2.10. The van der Waals surface area contributed by atoms with Crippen LogP contribution in [0.4, 0.5) is 0 Å². The zero-order valence-corrected chi connectivity index (χ0v) is 15.7. The van der Waals surface area contributed by atoms with E-state index < -0.39 is 0 Å². The van der Waals surface area contributed by atoms with Crippen LogP contribution in [0.15, 0.2) is 52.9 Å². The Labute approximate surface area is 157 Å². The first kappa shape index (κ1) is 16.1. The van der Waals surface area contributed by atoms with Gasteiger partial charge in [-0.15, -0.1) is 22.7 Å². The van der Waals surface area contributed by atoms with Gasteiger partial charge in [0.1, 0.15) is 5.01 Å². The van der Waals surface area contributed by atoms with Gasteiger partial charge in [0, 0.05) is 10.4 Å². The molecule has 124 valence electrons. The molecule has 0 spiro atoms. The zero-order chi connectivity index (χ0) is 17.2. The van der Waals surface area contributed by atoms with E-state index in [9.17, 15) is 0 Å². The predicted octanol–water partition coefficient (Wildman–Crippen LogP) is 4.98. The number of benzene rings is 1. The first-order valence-corrected chi connectivity index (χ1v) is 9.61. The third kappa shape index (κ3) is 3.23.